The number of rotatable bonds is 7. The van der Waals surface area contributed by atoms with Crippen molar-refractivity contribution in [2.24, 2.45) is 5.84 Å². The van der Waals surface area contributed by atoms with E-state index in [0.29, 0.717) is 18.7 Å². The van der Waals surface area contributed by atoms with Crippen molar-refractivity contribution in [1.29, 1.82) is 0 Å². The second-order valence-corrected chi connectivity index (χ2v) is 6.40. The molecule has 0 spiro atoms. The highest BCUT2D eigenvalue weighted by molar-refractivity contribution is 7.89. The van der Waals surface area contributed by atoms with E-state index in [1.165, 1.54) is 6.07 Å². The van der Waals surface area contributed by atoms with Crippen LogP contribution in [0.3, 0.4) is 0 Å². The minimum Gasteiger partial charge on any atom is -0.323 e. The first-order valence-electron chi connectivity index (χ1n) is 6.59. The van der Waals surface area contributed by atoms with Gasteiger partial charge in [0.05, 0.1) is 11.9 Å². The number of aromatic amines is 1. The average Bonchev–Trinajstić information content (AvgIpc) is 2.89. The van der Waals surface area contributed by atoms with Crippen molar-refractivity contribution in [3.63, 3.8) is 0 Å². The van der Waals surface area contributed by atoms with Gasteiger partial charge in [0, 0.05) is 12.2 Å². The van der Waals surface area contributed by atoms with Gasteiger partial charge in [0.2, 0.25) is 10.0 Å². The number of sulfonamides is 1. The molecule has 8 heteroatoms. The number of nitrogen functional groups attached to an aromatic ring is 1. The number of benzene rings is 1. The molecular formula is C13H19N5O2S. The Morgan fingerprint density at radius 1 is 1.33 bits per heavy atom. The van der Waals surface area contributed by atoms with E-state index < -0.39 is 10.0 Å². The molecule has 0 aliphatic heterocycles. The first-order valence-corrected chi connectivity index (χ1v) is 8.07. The van der Waals surface area contributed by atoms with E-state index in [-0.39, 0.29) is 4.90 Å². The molecule has 7 nitrogen and oxygen atoms in total. The van der Waals surface area contributed by atoms with Crippen molar-refractivity contribution in [1.82, 2.24) is 14.9 Å². The Hall–Kier alpha value is -1.90. The topological polar surface area (TPSA) is 113 Å². The van der Waals surface area contributed by atoms with Gasteiger partial charge in [-0.3, -0.25) is 10.9 Å². The highest BCUT2D eigenvalue weighted by Crippen LogP contribution is 2.19. The quantitative estimate of drug-likeness (QED) is 0.345. The van der Waals surface area contributed by atoms with Gasteiger partial charge in [-0.1, -0.05) is 12.1 Å². The fourth-order valence-corrected chi connectivity index (χ4v) is 3.25. The SMILES string of the molecule is Cc1[nH]ncc1CCCNS(=O)(=O)c1ccccc1NN. The fourth-order valence-electron chi connectivity index (χ4n) is 2.01. The maximum absolute atomic E-state index is 12.2. The van der Waals surface area contributed by atoms with Crippen LogP contribution in [0, 0.1) is 6.92 Å². The number of aryl methyl sites for hydroxylation is 2. The second-order valence-electron chi connectivity index (χ2n) is 4.66. The summed E-state index contributed by atoms with van der Waals surface area (Å²) in [4.78, 5) is 0.145. The van der Waals surface area contributed by atoms with Crippen molar-refractivity contribution in [3.8, 4) is 0 Å². The van der Waals surface area contributed by atoms with Crippen molar-refractivity contribution in [2.45, 2.75) is 24.7 Å². The van der Waals surface area contributed by atoms with Crippen molar-refractivity contribution in [3.05, 3.63) is 41.7 Å². The zero-order chi connectivity index (χ0) is 15.3. The molecule has 5 N–H and O–H groups in total. The van der Waals surface area contributed by atoms with Gasteiger partial charge in [0.25, 0.3) is 0 Å². The molecule has 0 aliphatic carbocycles. The van der Waals surface area contributed by atoms with Crippen LogP contribution < -0.4 is 16.0 Å². The highest BCUT2D eigenvalue weighted by atomic mass is 32.2. The molecule has 0 saturated carbocycles. The predicted molar refractivity (Wildman–Crippen MR) is 81.1 cm³/mol. The maximum Gasteiger partial charge on any atom is 0.242 e. The number of hydrogen-bond acceptors (Lipinski definition) is 5. The summed E-state index contributed by atoms with van der Waals surface area (Å²) in [6.45, 7) is 2.29. The normalized spacial score (nSPS) is 11.5. The minimum absolute atomic E-state index is 0.145. The molecule has 21 heavy (non-hydrogen) atoms. The van der Waals surface area contributed by atoms with E-state index in [2.05, 4.69) is 20.3 Å². The molecular weight excluding hydrogens is 290 g/mol. The molecule has 0 bridgehead atoms. The summed E-state index contributed by atoms with van der Waals surface area (Å²) < 4.78 is 27.0. The zero-order valence-electron chi connectivity index (χ0n) is 11.8. The summed E-state index contributed by atoms with van der Waals surface area (Å²) in [5, 5.41) is 6.79. The van der Waals surface area contributed by atoms with Gasteiger partial charge >= 0.3 is 0 Å². The van der Waals surface area contributed by atoms with E-state index in [0.717, 1.165) is 17.7 Å². The smallest absolute Gasteiger partial charge is 0.242 e. The van der Waals surface area contributed by atoms with Crippen LogP contribution in [0.25, 0.3) is 0 Å². The van der Waals surface area contributed by atoms with Crippen LogP contribution in [0.15, 0.2) is 35.4 Å². The number of para-hydroxylation sites is 1. The second kappa shape index (κ2) is 6.70. The van der Waals surface area contributed by atoms with E-state index in [4.69, 9.17) is 5.84 Å². The number of H-pyrrole nitrogens is 1. The Balaban J connectivity index is 1.94. The summed E-state index contributed by atoms with van der Waals surface area (Å²) in [5.41, 5.74) is 4.87. The zero-order valence-corrected chi connectivity index (χ0v) is 12.6. The molecule has 0 amide bonds. The Labute approximate surface area is 124 Å². The van der Waals surface area contributed by atoms with E-state index in [1.54, 1.807) is 24.4 Å². The molecule has 1 aromatic heterocycles. The van der Waals surface area contributed by atoms with E-state index >= 15 is 0 Å². The standard InChI is InChI=1S/C13H19N5O2S/c1-10-11(9-15-18-10)5-4-8-16-21(19,20)13-7-3-2-6-12(13)17-14/h2-3,6-7,9,16-17H,4-5,8,14H2,1H3,(H,15,18). The Morgan fingerprint density at radius 2 is 2.10 bits per heavy atom. The number of hydrogen-bond donors (Lipinski definition) is 4. The van der Waals surface area contributed by atoms with Gasteiger partial charge in [-0.05, 0) is 37.5 Å². The molecule has 0 saturated heterocycles. The highest BCUT2D eigenvalue weighted by Gasteiger charge is 2.17. The average molecular weight is 309 g/mol. The van der Waals surface area contributed by atoms with Gasteiger partial charge in [-0.2, -0.15) is 5.10 Å². The summed E-state index contributed by atoms with van der Waals surface area (Å²) in [7, 11) is -3.57. The first kappa shape index (κ1) is 15.5. The summed E-state index contributed by atoms with van der Waals surface area (Å²) in [5.74, 6) is 5.33. The summed E-state index contributed by atoms with van der Waals surface area (Å²) in [6.07, 6.45) is 3.22. The minimum atomic E-state index is -3.57. The lowest BCUT2D eigenvalue weighted by Gasteiger charge is -2.10. The Kier molecular flexibility index (Phi) is 4.94. The van der Waals surface area contributed by atoms with Gasteiger partial charge < -0.3 is 5.43 Å². The van der Waals surface area contributed by atoms with Crippen molar-refractivity contribution < 1.29 is 8.42 Å². The van der Waals surface area contributed by atoms with Crippen LogP contribution in [-0.4, -0.2) is 25.2 Å². The van der Waals surface area contributed by atoms with Crippen LogP contribution in [0.5, 0.6) is 0 Å². The third kappa shape index (κ3) is 3.81. The van der Waals surface area contributed by atoms with Crippen LogP contribution in [0.2, 0.25) is 0 Å². The molecule has 0 unspecified atom stereocenters. The largest absolute Gasteiger partial charge is 0.323 e. The van der Waals surface area contributed by atoms with Crippen LogP contribution in [0.1, 0.15) is 17.7 Å². The molecule has 0 atom stereocenters. The molecule has 114 valence electrons. The molecule has 0 aliphatic rings. The van der Waals surface area contributed by atoms with Crippen molar-refractivity contribution >= 4 is 15.7 Å². The summed E-state index contributed by atoms with van der Waals surface area (Å²) >= 11 is 0. The lowest BCUT2D eigenvalue weighted by molar-refractivity contribution is 0.579. The monoisotopic (exact) mass is 309 g/mol. The van der Waals surface area contributed by atoms with Gasteiger partial charge in [-0.15, -0.1) is 0 Å². The number of hydrazine groups is 1. The van der Waals surface area contributed by atoms with Gasteiger partial charge in [0.15, 0.2) is 0 Å². The van der Waals surface area contributed by atoms with Crippen LogP contribution in [-0.2, 0) is 16.4 Å². The molecule has 0 radical (unpaired) electrons. The maximum atomic E-state index is 12.2. The van der Waals surface area contributed by atoms with E-state index in [9.17, 15) is 8.42 Å². The summed E-state index contributed by atoms with van der Waals surface area (Å²) in [6, 6.07) is 6.50. The Morgan fingerprint density at radius 3 is 2.76 bits per heavy atom. The molecule has 2 aromatic rings. The van der Waals surface area contributed by atoms with Crippen LogP contribution >= 0.6 is 0 Å². The Bertz CT molecular complexity index is 696. The number of nitrogens with one attached hydrogen (secondary N) is 3. The lowest BCUT2D eigenvalue weighted by Crippen LogP contribution is -2.26. The molecule has 1 aromatic carbocycles. The van der Waals surface area contributed by atoms with Crippen LogP contribution in [0.4, 0.5) is 5.69 Å². The van der Waals surface area contributed by atoms with Gasteiger partial charge in [0.1, 0.15) is 4.90 Å². The number of nitrogens with two attached hydrogens (primary N) is 1. The molecule has 2 rings (SSSR count). The van der Waals surface area contributed by atoms with E-state index in [1.807, 2.05) is 6.92 Å². The molecule has 0 fully saturated rings. The number of anilines is 1. The third-order valence-corrected chi connectivity index (χ3v) is 4.70. The third-order valence-electron chi connectivity index (χ3n) is 3.18. The predicted octanol–water partition coefficient (Wildman–Crippen LogP) is 0.915. The lowest BCUT2D eigenvalue weighted by atomic mass is 10.1. The van der Waals surface area contributed by atoms with Gasteiger partial charge in [-0.25, -0.2) is 13.1 Å². The molecule has 1 heterocycles. The number of nitrogens with zero attached hydrogens (tertiary/aromatic N) is 1. The van der Waals surface area contributed by atoms with Crippen molar-refractivity contribution in [2.75, 3.05) is 12.0 Å². The first-order chi connectivity index (χ1) is 10.0. The fraction of sp³-hybridized carbons (Fsp3) is 0.308. The number of aromatic nitrogens is 2.